The van der Waals surface area contributed by atoms with Gasteiger partial charge in [0.05, 0.1) is 17.4 Å². The number of imidazole rings is 1. The Morgan fingerprint density at radius 3 is 2.65 bits per heavy atom. The van der Waals surface area contributed by atoms with E-state index >= 15 is 0 Å². The number of carbonyl (C=O) groups excluding carboxylic acids is 1. The van der Waals surface area contributed by atoms with Gasteiger partial charge in [0.15, 0.2) is 0 Å². The highest BCUT2D eigenvalue weighted by molar-refractivity contribution is 5.93. The highest BCUT2D eigenvalue weighted by Crippen LogP contribution is 2.30. The van der Waals surface area contributed by atoms with Crippen LogP contribution in [0.25, 0.3) is 11.0 Å². The quantitative estimate of drug-likeness (QED) is 0.707. The Labute approximate surface area is 153 Å². The van der Waals surface area contributed by atoms with Gasteiger partial charge in [-0.15, -0.1) is 0 Å². The number of nitrogens with zero attached hydrogens (tertiary/aromatic N) is 3. The molecule has 132 valence electrons. The molecule has 0 bridgehead atoms. The average molecular weight is 345 g/mol. The van der Waals surface area contributed by atoms with Crippen molar-refractivity contribution in [1.29, 1.82) is 0 Å². The van der Waals surface area contributed by atoms with E-state index < -0.39 is 0 Å². The van der Waals surface area contributed by atoms with E-state index in [9.17, 15) is 4.79 Å². The highest BCUT2D eigenvalue weighted by atomic mass is 16.2. The molecule has 2 aromatic carbocycles. The second-order valence-corrected chi connectivity index (χ2v) is 7.57. The van der Waals surface area contributed by atoms with Gasteiger partial charge in [0.25, 0.3) is 0 Å². The highest BCUT2D eigenvalue weighted by Gasteiger charge is 2.22. The molecule has 1 aliphatic heterocycles. The summed E-state index contributed by atoms with van der Waals surface area (Å²) >= 11 is 0. The summed E-state index contributed by atoms with van der Waals surface area (Å²) in [7, 11) is 0. The molecule has 0 saturated carbocycles. The zero-order valence-electron chi connectivity index (χ0n) is 15.2. The van der Waals surface area contributed by atoms with E-state index in [1.807, 2.05) is 11.2 Å². The van der Waals surface area contributed by atoms with Crippen LogP contribution in [-0.2, 0) is 30.6 Å². The monoisotopic (exact) mass is 345 g/mol. The first-order valence-electron chi connectivity index (χ1n) is 9.55. The molecule has 0 N–H and O–H groups in total. The Balaban J connectivity index is 1.48. The van der Waals surface area contributed by atoms with Crippen molar-refractivity contribution in [2.24, 2.45) is 0 Å². The number of aromatic nitrogens is 2. The largest absolute Gasteiger partial charge is 0.326 e. The lowest BCUT2D eigenvalue weighted by atomic mass is 9.91. The Morgan fingerprint density at radius 1 is 1.04 bits per heavy atom. The topological polar surface area (TPSA) is 38.1 Å². The van der Waals surface area contributed by atoms with Crippen molar-refractivity contribution >= 4 is 22.6 Å². The van der Waals surface area contributed by atoms with Crippen LogP contribution >= 0.6 is 0 Å². The SMILES string of the molecule is CC(=O)N1CCc2cc(Cn3cnc4cc5c(cc43)CCCC5)ccc21. The van der Waals surface area contributed by atoms with E-state index in [1.54, 1.807) is 6.92 Å². The second kappa shape index (κ2) is 5.97. The molecule has 26 heavy (non-hydrogen) atoms. The number of fused-ring (bicyclic) bond motifs is 3. The van der Waals surface area contributed by atoms with Crippen molar-refractivity contribution in [2.45, 2.75) is 45.6 Å². The molecule has 0 fully saturated rings. The first-order valence-corrected chi connectivity index (χ1v) is 9.55. The van der Waals surface area contributed by atoms with Crippen molar-refractivity contribution in [3.63, 3.8) is 0 Å². The van der Waals surface area contributed by atoms with E-state index in [-0.39, 0.29) is 5.91 Å². The lowest BCUT2D eigenvalue weighted by molar-refractivity contribution is -0.116. The molecule has 2 heterocycles. The summed E-state index contributed by atoms with van der Waals surface area (Å²) in [6.07, 6.45) is 7.88. The van der Waals surface area contributed by atoms with Gasteiger partial charge in [0, 0.05) is 25.7 Å². The normalized spacial score (nSPS) is 16.0. The summed E-state index contributed by atoms with van der Waals surface area (Å²) in [5.74, 6) is 0.127. The lowest BCUT2D eigenvalue weighted by Crippen LogP contribution is -2.25. The van der Waals surface area contributed by atoms with Gasteiger partial charge in [-0.05, 0) is 72.6 Å². The van der Waals surface area contributed by atoms with Crippen LogP contribution in [0.5, 0.6) is 0 Å². The molecule has 2 aliphatic rings. The number of benzene rings is 2. The summed E-state index contributed by atoms with van der Waals surface area (Å²) < 4.78 is 2.25. The Kier molecular flexibility index (Phi) is 3.59. The predicted molar refractivity (Wildman–Crippen MR) is 104 cm³/mol. The molecule has 4 heteroatoms. The van der Waals surface area contributed by atoms with E-state index in [0.717, 1.165) is 30.7 Å². The first kappa shape index (κ1) is 15.6. The summed E-state index contributed by atoms with van der Waals surface area (Å²) in [6, 6.07) is 11.1. The van der Waals surface area contributed by atoms with Crippen molar-refractivity contribution in [3.8, 4) is 0 Å². The van der Waals surface area contributed by atoms with Gasteiger partial charge >= 0.3 is 0 Å². The van der Waals surface area contributed by atoms with Crippen LogP contribution in [0.3, 0.4) is 0 Å². The third kappa shape index (κ3) is 2.52. The van der Waals surface area contributed by atoms with E-state index in [2.05, 4.69) is 39.9 Å². The fourth-order valence-electron chi connectivity index (χ4n) is 4.49. The Hall–Kier alpha value is -2.62. The average Bonchev–Trinajstić information content (AvgIpc) is 3.24. The lowest BCUT2D eigenvalue weighted by Gasteiger charge is -2.16. The molecule has 5 rings (SSSR count). The Morgan fingerprint density at radius 2 is 1.85 bits per heavy atom. The molecule has 1 aliphatic carbocycles. The number of hydrogen-bond donors (Lipinski definition) is 0. The van der Waals surface area contributed by atoms with Gasteiger partial charge in [0.1, 0.15) is 0 Å². The summed E-state index contributed by atoms with van der Waals surface area (Å²) in [4.78, 5) is 18.2. The van der Waals surface area contributed by atoms with Gasteiger partial charge in [0.2, 0.25) is 5.91 Å². The number of hydrogen-bond acceptors (Lipinski definition) is 2. The van der Waals surface area contributed by atoms with Crippen molar-refractivity contribution in [3.05, 3.63) is 58.9 Å². The standard InChI is InChI=1S/C22H23N3O/c1-15(26)25-9-8-19-10-16(6-7-21(19)25)13-24-14-23-20-11-17-4-2-3-5-18(17)12-22(20)24/h6-7,10-12,14H,2-5,8-9,13H2,1H3. The van der Waals surface area contributed by atoms with Gasteiger partial charge in [-0.1, -0.05) is 12.1 Å². The summed E-state index contributed by atoms with van der Waals surface area (Å²) in [5.41, 5.74) is 8.94. The number of amides is 1. The minimum Gasteiger partial charge on any atom is -0.326 e. The molecule has 3 aromatic rings. The maximum atomic E-state index is 11.7. The van der Waals surface area contributed by atoms with Crippen LogP contribution < -0.4 is 4.90 Å². The fraction of sp³-hybridized carbons (Fsp3) is 0.364. The van der Waals surface area contributed by atoms with Crippen LogP contribution in [0, 0.1) is 0 Å². The van der Waals surface area contributed by atoms with Gasteiger partial charge in [-0.3, -0.25) is 4.79 Å². The summed E-state index contributed by atoms with van der Waals surface area (Å²) in [6.45, 7) is 3.26. The first-order chi connectivity index (χ1) is 12.7. The number of rotatable bonds is 2. The smallest absolute Gasteiger partial charge is 0.223 e. The van der Waals surface area contributed by atoms with Crippen molar-refractivity contribution in [2.75, 3.05) is 11.4 Å². The molecule has 0 atom stereocenters. The molecule has 1 amide bonds. The van der Waals surface area contributed by atoms with Crippen LogP contribution in [0.4, 0.5) is 5.69 Å². The number of anilines is 1. The van der Waals surface area contributed by atoms with Crippen molar-refractivity contribution in [1.82, 2.24) is 9.55 Å². The third-order valence-electron chi connectivity index (χ3n) is 5.86. The second-order valence-electron chi connectivity index (χ2n) is 7.57. The minimum atomic E-state index is 0.127. The zero-order chi connectivity index (χ0) is 17.7. The van der Waals surface area contributed by atoms with Gasteiger partial charge < -0.3 is 9.47 Å². The third-order valence-corrected chi connectivity index (χ3v) is 5.86. The minimum absolute atomic E-state index is 0.127. The van der Waals surface area contributed by atoms with Crippen LogP contribution in [0.1, 0.15) is 42.0 Å². The van der Waals surface area contributed by atoms with E-state index in [0.29, 0.717) is 0 Å². The van der Waals surface area contributed by atoms with Crippen LogP contribution in [-0.4, -0.2) is 22.0 Å². The summed E-state index contributed by atoms with van der Waals surface area (Å²) in [5, 5.41) is 0. The van der Waals surface area contributed by atoms with Gasteiger partial charge in [-0.2, -0.15) is 0 Å². The molecule has 0 radical (unpaired) electrons. The van der Waals surface area contributed by atoms with Crippen LogP contribution in [0.2, 0.25) is 0 Å². The number of aryl methyl sites for hydroxylation is 2. The maximum Gasteiger partial charge on any atom is 0.223 e. The van der Waals surface area contributed by atoms with E-state index in [1.165, 1.54) is 53.5 Å². The maximum absolute atomic E-state index is 11.7. The molecule has 0 saturated heterocycles. The Bertz CT molecular complexity index is 1020. The molecular weight excluding hydrogens is 322 g/mol. The zero-order valence-corrected chi connectivity index (χ0v) is 15.2. The molecule has 0 unspecified atom stereocenters. The molecule has 0 spiro atoms. The van der Waals surface area contributed by atoms with Crippen LogP contribution in [0.15, 0.2) is 36.7 Å². The van der Waals surface area contributed by atoms with Crippen molar-refractivity contribution < 1.29 is 4.79 Å². The predicted octanol–water partition coefficient (Wildman–Crippen LogP) is 3.87. The molecule has 4 nitrogen and oxygen atoms in total. The molecule has 1 aromatic heterocycles. The fourth-order valence-corrected chi connectivity index (χ4v) is 4.49. The number of carbonyl (C=O) groups is 1. The van der Waals surface area contributed by atoms with Gasteiger partial charge in [-0.25, -0.2) is 4.98 Å². The van der Waals surface area contributed by atoms with E-state index in [4.69, 9.17) is 0 Å². The molecular formula is C22H23N3O.